The Bertz CT molecular complexity index is 450. The van der Waals surface area contributed by atoms with Crippen molar-refractivity contribution in [3.05, 3.63) is 29.8 Å². The molecule has 1 aromatic carbocycles. The van der Waals surface area contributed by atoms with Gasteiger partial charge in [0.15, 0.2) is 5.96 Å². The first kappa shape index (κ1) is 22.0. The molecule has 0 aromatic heterocycles. The summed E-state index contributed by atoms with van der Waals surface area (Å²) in [4.78, 5) is 7.02. The van der Waals surface area contributed by atoms with E-state index in [4.69, 9.17) is 4.74 Å². The Labute approximate surface area is 157 Å². The normalized spacial score (nSPS) is 11.1. The number of nitrogens with zero attached hydrogens (tertiary/aromatic N) is 2. The van der Waals surface area contributed by atoms with Gasteiger partial charge in [0.25, 0.3) is 0 Å². The fourth-order valence-electron chi connectivity index (χ4n) is 2.21. The van der Waals surface area contributed by atoms with Crippen molar-refractivity contribution < 1.29 is 4.74 Å². The highest BCUT2D eigenvalue weighted by atomic mass is 127. The number of halogens is 1. The first-order valence-corrected chi connectivity index (χ1v) is 8.11. The maximum atomic E-state index is 5.36. The van der Waals surface area contributed by atoms with Gasteiger partial charge in [0.05, 0.1) is 13.7 Å². The summed E-state index contributed by atoms with van der Waals surface area (Å²) in [6.45, 7) is 12.0. The molecule has 0 atom stereocenters. The number of hydrogen-bond donors (Lipinski definition) is 2. The van der Waals surface area contributed by atoms with E-state index in [9.17, 15) is 0 Å². The number of ether oxygens (including phenoxy) is 1. The lowest BCUT2D eigenvalue weighted by Crippen LogP contribution is -2.41. The molecule has 0 unspecified atom stereocenters. The maximum Gasteiger partial charge on any atom is 0.191 e. The monoisotopic (exact) mass is 434 g/mol. The first-order chi connectivity index (χ1) is 10.7. The third-order valence-corrected chi connectivity index (χ3v) is 3.56. The van der Waals surface area contributed by atoms with Crippen LogP contribution in [0.4, 0.5) is 0 Å². The summed E-state index contributed by atoms with van der Waals surface area (Å²) in [5.74, 6) is 1.73. The van der Waals surface area contributed by atoms with E-state index >= 15 is 0 Å². The smallest absolute Gasteiger partial charge is 0.191 e. The third kappa shape index (κ3) is 8.41. The number of benzene rings is 1. The molecule has 0 aliphatic rings. The van der Waals surface area contributed by atoms with Crippen molar-refractivity contribution in [3.63, 3.8) is 0 Å². The number of para-hydroxylation sites is 1. The van der Waals surface area contributed by atoms with Crippen LogP contribution in [0, 0.1) is 0 Å². The number of methoxy groups -OCH3 is 1. The molecule has 1 aromatic rings. The maximum absolute atomic E-state index is 5.36. The number of nitrogens with one attached hydrogen (secondary N) is 2. The van der Waals surface area contributed by atoms with E-state index < -0.39 is 0 Å². The van der Waals surface area contributed by atoms with Crippen LogP contribution < -0.4 is 15.4 Å². The van der Waals surface area contributed by atoms with Crippen molar-refractivity contribution in [2.45, 2.75) is 27.3 Å². The minimum Gasteiger partial charge on any atom is -0.496 e. The van der Waals surface area contributed by atoms with Crippen LogP contribution in [-0.4, -0.2) is 50.7 Å². The van der Waals surface area contributed by atoms with Gasteiger partial charge in [-0.3, -0.25) is 0 Å². The van der Waals surface area contributed by atoms with Gasteiger partial charge in [0, 0.05) is 25.2 Å². The lowest BCUT2D eigenvalue weighted by atomic mass is 10.2. The fourth-order valence-corrected chi connectivity index (χ4v) is 2.21. The van der Waals surface area contributed by atoms with Gasteiger partial charge < -0.3 is 20.3 Å². The minimum absolute atomic E-state index is 0. The Morgan fingerprint density at radius 2 is 1.83 bits per heavy atom. The molecule has 0 heterocycles. The standard InChI is InChI=1S/C17H30N4O.HI/c1-5-18-17(19-12-13-21(6-2)7-3)20-14-15-10-8-9-11-16(15)22-4;/h8-11H,5-7,12-14H2,1-4H3,(H2,18,19,20);1H. The highest BCUT2D eigenvalue weighted by Gasteiger charge is 2.03. The number of aliphatic imine (C=N–C) groups is 1. The summed E-state index contributed by atoms with van der Waals surface area (Å²) in [6, 6.07) is 7.99. The first-order valence-electron chi connectivity index (χ1n) is 8.11. The summed E-state index contributed by atoms with van der Waals surface area (Å²) >= 11 is 0. The van der Waals surface area contributed by atoms with E-state index in [2.05, 4.69) is 41.3 Å². The zero-order valence-electron chi connectivity index (χ0n) is 14.8. The quantitative estimate of drug-likeness (QED) is 0.357. The molecule has 0 saturated carbocycles. The fraction of sp³-hybridized carbons (Fsp3) is 0.588. The summed E-state index contributed by atoms with van der Waals surface area (Å²) in [5.41, 5.74) is 1.09. The van der Waals surface area contributed by atoms with Crippen LogP contribution in [0.15, 0.2) is 29.3 Å². The van der Waals surface area contributed by atoms with Crippen molar-refractivity contribution in [3.8, 4) is 5.75 Å². The highest BCUT2D eigenvalue weighted by Crippen LogP contribution is 2.17. The van der Waals surface area contributed by atoms with Gasteiger partial charge in [-0.2, -0.15) is 0 Å². The number of likely N-dealkylation sites (N-methyl/N-ethyl adjacent to an activating group) is 1. The topological polar surface area (TPSA) is 48.9 Å². The van der Waals surface area contributed by atoms with Crippen LogP contribution in [0.2, 0.25) is 0 Å². The van der Waals surface area contributed by atoms with Crippen LogP contribution in [0.1, 0.15) is 26.3 Å². The molecule has 0 aliphatic carbocycles. The molecule has 23 heavy (non-hydrogen) atoms. The molecule has 132 valence electrons. The van der Waals surface area contributed by atoms with Gasteiger partial charge in [-0.15, -0.1) is 24.0 Å². The molecular formula is C17H31IN4O. The third-order valence-electron chi connectivity index (χ3n) is 3.56. The Morgan fingerprint density at radius 1 is 1.13 bits per heavy atom. The number of hydrogen-bond acceptors (Lipinski definition) is 3. The lowest BCUT2D eigenvalue weighted by Gasteiger charge is -2.19. The molecular weight excluding hydrogens is 403 g/mol. The van der Waals surface area contributed by atoms with Gasteiger partial charge in [-0.25, -0.2) is 4.99 Å². The molecule has 6 heteroatoms. The van der Waals surface area contributed by atoms with Crippen molar-refractivity contribution in [2.24, 2.45) is 4.99 Å². The van der Waals surface area contributed by atoms with Crippen molar-refractivity contribution in [1.29, 1.82) is 0 Å². The van der Waals surface area contributed by atoms with Crippen LogP contribution >= 0.6 is 24.0 Å². The van der Waals surface area contributed by atoms with E-state index in [1.807, 2.05) is 24.3 Å². The van der Waals surface area contributed by atoms with Crippen molar-refractivity contribution >= 4 is 29.9 Å². The van der Waals surface area contributed by atoms with E-state index in [0.717, 1.165) is 50.0 Å². The molecule has 2 N–H and O–H groups in total. The van der Waals surface area contributed by atoms with E-state index in [1.54, 1.807) is 7.11 Å². The highest BCUT2D eigenvalue weighted by molar-refractivity contribution is 14.0. The van der Waals surface area contributed by atoms with E-state index in [-0.39, 0.29) is 24.0 Å². The second-order valence-electron chi connectivity index (χ2n) is 4.96. The summed E-state index contributed by atoms with van der Waals surface area (Å²) < 4.78 is 5.36. The zero-order chi connectivity index (χ0) is 16.2. The SMILES string of the molecule is CCNC(=NCc1ccccc1OC)NCCN(CC)CC.I. The Hall–Kier alpha value is -1.02. The van der Waals surface area contributed by atoms with Gasteiger partial charge >= 0.3 is 0 Å². The second-order valence-corrected chi connectivity index (χ2v) is 4.96. The molecule has 0 amide bonds. The van der Waals surface area contributed by atoms with Gasteiger partial charge in [0.2, 0.25) is 0 Å². The zero-order valence-corrected chi connectivity index (χ0v) is 17.1. The largest absolute Gasteiger partial charge is 0.496 e. The molecule has 0 radical (unpaired) electrons. The number of guanidine groups is 1. The molecule has 0 aliphatic heterocycles. The van der Waals surface area contributed by atoms with Crippen molar-refractivity contribution in [2.75, 3.05) is 39.8 Å². The van der Waals surface area contributed by atoms with Gasteiger partial charge in [-0.05, 0) is 26.1 Å². The predicted octanol–water partition coefficient (Wildman–Crippen LogP) is 2.71. The minimum atomic E-state index is 0. The Morgan fingerprint density at radius 3 is 2.43 bits per heavy atom. The van der Waals surface area contributed by atoms with Crippen LogP contribution in [0.5, 0.6) is 5.75 Å². The average Bonchev–Trinajstić information content (AvgIpc) is 2.56. The summed E-state index contributed by atoms with van der Waals surface area (Å²) in [7, 11) is 1.69. The molecule has 5 nitrogen and oxygen atoms in total. The average molecular weight is 434 g/mol. The lowest BCUT2D eigenvalue weighted by molar-refractivity contribution is 0.308. The Kier molecular flexibility index (Phi) is 12.8. The Balaban J connectivity index is 0.00000484. The predicted molar refractivity (Wildman–Crippen MR) is 109 cm³/mol. The van der Waals surface area contributed by atoms with Crippen LogP contribution in [0.3, 0.4) is 0 Å². The number of rotatable bonds is 9. The van der Waals surface area contributed by atoms with Crippen molar-refractivity contribution in [1.82, 2.24) is 15.5 Å². The van der Waals surface area contributed by atoms with Gasteiger partial charge in [0.1, 0.15) is 5.75 Å². The van der Waals surface area contributed by atoms with Crippen LogP contribution in [-0.2, 0) is 6.54 Å². The molecule has 0 saturated heterocycles. The molecule has 0 fully saturated rings. The summed E-state index contributed by atoms with van der Waals surface area (Å²) in [6.07, 6.45) is 0. The van der Waals surface area contributed by atoms with E-state index in [0.29, 0.717) is 6.54 Å². The van der Waals surface area contributed by atoms with Gasteiger partial charge in [-0.1, -0.05) is 32.0 Å². The van der Waals surface area contributed by atoms with Crippen LogP contribution in [0.25, 0.3) is 0 Å². The molecule has 1 rings (SSSR count). The van der Waals surface area contributed by atoms with E-state index in [1.165, 1.54) is 0 Å². The second kappa shape index (κ2) is 13.4. The summed E-state index contributed by atoms with van der Waals surface area (Å²) in [5, 5.41) is 6.66. The molecule has 0 bridgehead atoms. The molecule has 0 spiro atoms.